The summed E-state index contributed by atoms with van der Waals surface area (Å²) in [6.07, 6.45) is 5.06. The number of aliphatic hydroxyl groups is 1. The summed E-state index contributed by atoms with van der Waals surface area (Å²) in [6, 6.07) is 14.8. The summed E-state index contributed by atoms with van der Waals surface area (Å²) in [5.41, 5.74) is 4.03. The maximum atomic E-state index is 8.90. The predicted octanol–water partition coefficient (Wildman–Crippen LogP) is 5.59. The average molecular weight is 506 g/mol. The van der Waals surface area contributed by atoms with Gasteiger partial charge in [-0.3, -0.25) is 0 Å². The molecule has 0 radical (unpaired) electrons. The topological polar surface area (TPSA) is 107 Å². The number of nitrogens with zero attached hydrogens (tertiary/aromatic N) is 4. The van der Waals surface area contributed by atoms with E-state index >= 15 is 0 Å². The average Bonchev–Trinajstić information content (AvgIpc) is 3.51. The van der Waals surface area contributed by atoms with Gasteiger partial charge in [-0.25, -0.2) is 15.0 Å². The van der Waals surface area contributed by atoms with Gasteiger partial charge in [-0.05, 0) is 49.4 Å². The Labute approximate surface area is 212 Å². The zero-order valence-electron chi connectivity index (χ0n) is 19.5. The Hall–Kier alpha value is -3.92. The third kappa shape index (κ3) is 5.33. The van der Waals surface area contributed by atoms with Crippen molar-refractivity contribution < 1.29 is 19.0 Å². The number of aromatic nitrogens is 4. The molecule has 2 aromatic carbocycles. The fraction of sp³-hybridized carbons (Fsp3) is 0.192. The first-order chi connectivity index (χ1) is 17.6. The Balaban J connectivity index is 1.33. The number of anilines is 2. The quantitative estimate of drug-likeness (QED) is 0.236. The van der Waals surface area contributed by atoms with Crippen molar-refractivity contribution in [2.45, 2.75) is 13.5 Å². The van der Waals surface area contributed by atoms with Crippen LogP contribution >= 0.6 is 11.6 Å². The van der Waals surface area contributed by atoms with Gasteiger partial charge < -0.3 is 28.9 Å². The number of ether oxygens (including phenoxy) is 2. The van der Waals surface area contributed by atoms with Gasteiger partial charge in [-0.2, -0.15) is 0 Å². The summed E-state index contributed by atoms with van der Waals surface area (Å²) in [5, 5.41) is 12.7. The van der Waals surface area contributed by atoms with Gasteiger partial charge in [0, 0.05) is 24.0 Å². The Morgan fingerprint density at radius 3 is 2.83 bits per heavy atom. The number of rotatable bonds is 10. The van der Waals surface area contributed by atoms with Crippen molar-refractivity contribution in [3.05, 3.63) is 78.0 Å². The van der Waals surface area contributed by atoms with Gasteiger partial charge in [0.15, 0.2) is 5.82 Å². The fourth-order valence-electron chi connectivity index (χ4n) is 3.74. The molecule has 0 amide bonds. The molecular formula is C26H24ClN5O4. The summed E-state index contributed by atoms with van der Waals surface area (Å²) >= 11 is 6.56. The second-order valence-corrected chi connectivity index (χ2v) is 8.40. The van der Waals surface area contributed by atoms with Crippen LogP contribution in [0.25, 0.3) is 22.5 Å². The molecular weight excluding hydrogens is 482 g/mol. The molecule has 2 N–H and O–H groups in total. The van der Waals surface area contributed by atoms with Crippen molar-refractivity contribution in [2.75, 3.05) is 25.1 Å². The molecule has 0 saturated heterocycles. The third-order valence-corrected chi connectivity index (χ3v) is 5.68. The van der Waals surface area contributed by atoms with Crippen LogP contribution in [0.3, 0.4) is 0 Å². The normalized spacial score (nSPS) is 11.2. The lowest BCUT2D eigenvalue weighted by atomic mass is 10.2. The van der Waals surface area contributed by atoms with E-state index in [1.165, 1.54) is 6.33 Å². The first kappa shape index (κ1) is 23.8. The smallest absolute Gasteiger partial charge is 0.226 e. The van der Waals surface area contributed by atoms with Gasteiger partial charge in [-0.1, -0.05) is 17.7 Å². The highest BCUT2D eigenvalue weighted by Crippen LogP contribution is 2.34. The van der Waals surface area contributed by atoms with E-state index < -0.39 is 0 Å². The zero-order valence-corrected chi connectivity index (χ0v) is 20.3. The number of oxazole rings is 1. The molecule has 5 aromatic rings. The SMILES string of the molecule is Cc1coc(-c2cccc(Oc3ccc(Nc4ncnc5ccn(CCOCCO)c45)cc3Cl)c2)n1. The van der Waals surface area contributed by atoms with Crippen LogP contribution in [0.2, 0.25) is 5.02 Å². The first-order valence-electron chi connectivity index (χ1n) is 11.4. The number of halogens is 1. The van der Waals surface area contributed by atoms with E-state index in [4.69, 9.17) is 30.6 Å². The van der Waals surface area contributed by atoms with Crippen molar-refractivity contribution in [2.24, 2.45) is 0 Å². The third-order valence-electron chi connectivity index (χ3n) is 5.38. The molecule has 3 heterocycles. The van der Waals surface area contributed by atoms with E-state index in [2.05, 4.69) is 20.3 Å². The van der Waals surface area contributed by atoms with Gasteiger partial charge in [0.25, 0.3) is 0 Å². The maximum absolute atomic E-state index is 8.90. The van der Waals surface area contributed by atoms with Gasteiger partial charge >= 0.3 is 0 Å². The number of hydrogen-bond acceptors (Lipinski definition) is 8. The minimum Gasteiger partial charge on any atom is -0.456 e. The molecule has 0 spiro atoms. The Morgan fingerprint density at radius 2 is 2.03 bits per heavy atom. The lowest BCUT2D eigenvalue weighted by Crippen LogP contribution is -2.09. The van der Waals surface area contributed by atoms with Crippen molar-refractivity contribution in [1.29, 1.82) is 0 Å². The molecule has 184 valence electrons. The lowest BCUT2D eigenvalue weighted by Gasteiger charge is -2.13. The van der Waals surface area contributed by atoms with Crippen molar-refractivity contribution in [1.82, 2.24) is 19.5 Å². The van der Waals surface area contributed by atoms with Crippen molar-refractivity contribution in [3.63, 3.8) is 0 Å². The molecule has 0 bridgehead atoms. The molecule has 36 heavy (non-hydrogen) atoms. The highest BCUT2D eigenvalue weighted by Gasteiger charge is 2.12. The van der Waals surface area contributed by atoms with E-state index in [0.717, 1.165) is 28.0 Å². The van der Waals surface area contributed by atoms with Crippen LogP contribution in [0.5, 0.6) is 11.5 Å². The molecule has 0 saturated carbocycles. The Morgan fingerprint density at radius 1 is 1.11 bits per heavy atom. The van der Waals surface area contributed by atoms with E-state index in [1.807, 2.05) is 54.1 Å². The van der Waals surface area contributed by atoms with Gasteiger partial charge in [0.05, 0.1) is 36.1 Å². The van der Waals surface area contributed by atoms with Crippen LogP contribution in [-0.4, -0.2) is 44.4 Å². The molecule has 0 fully saturated rings. The number of aliphatic hydroxyl groups excluding tert-OH is 1. The molecule has 0 aliphatic rings. The number of aryl methyl sites for hydroxylation is 1. The lowest BCUT2D eigenvalue weighted by molar-refractivity contribution is 0.0875. The maximum Gasteiger partial charge on any atom is 0.226 e. The molecule has 0 aliphatic carbocycles. The molecule has 10 heteroatoms. The second-order valence-electron chi connectivity index (χ2n) is 8.00. The largest absolute Gasteiger partial charge is 0.456 e. The van der Waals surface area contributed by atoms with E-state index in [0.29, 0.717) is 48.0 Å². The summed E-state index contributed by atoms with van der Waals surface area (Å²) in [5.74, 6) is 2.31. The minimum absolute atomic E-state index is 0.00483. The van der Waals surface area contributed by atoms with Crippen LogP contribution in [0.1, 0.15) is 5.69 Å². The predicted molar refractivity (Wildman–Crippen MR) is 137 cm³/mol. The number of benzene rings is 2. The van der Waals surface area contributed by atoms with Crippen LogP contribution < -0.4 is 10.1 Å². The number of nitrogens with one attached hydrogen (secondary N) is 1. The monoisotopic (exact) mass is 505 g/mol. The summed E-state index contributed by atoms with van der Waals surface area (Å²) in [4.78, 5) is 13.1. The summed E-state index contributed by atoms with van der Waals surface area (Å²) in [6.45, 7) is 3.24. The van der Waals surface area contributed by atoms with Gasteiger partial charge in [0.1, 0.15) is 29.6 Å². The van der Waals surface area contributed by atoms with E-state index in [1.54, 1.807) is 18.4 Å². The molecule has 3 aromatic heterocycles. The first-order valence-corrected chi connectivity index (χ1v) is 11.7. The van der Waals surface area contributed by atoms with Crippen LogP contribution in [-0.2, 0) is 11.3 Å². The summed E-state index contributed by atoms with van der Waals surface area (Å²) in [7, 11) is 0. The molecule has 5 rings (SSSR count). The number of hydrogen-bond donors (Lipinski definition) is 2. The standard InChI is InChI=1S/C26H24ClN5O4/c1-17-15-35-26(30-17)18-3-2-4-20(13-18)36-23-6-5-19(14-21(23)27)31-25-24-22(28-16-29-25)7-8-32(24)9-11-34-12-10-33/h2-8,13-16,33H,9-12H2,1H3,(H,28,29,31). The highest BCUT2D eigenvalue weighted by atomic mass is 35.5. The second kappa shape index (κ2) is 10.8. The Bertz CT molecular complexity index is 1480. The van der Waals surface area contributed by atoms with Crippen molar-refractivity contribution >= 4 is 34.1 Å². The zero-order chi connectivity index (χ0) is 24.9. The molecule has 0 unspecified atom stereocenters. The van der Waals surface area contributed by atoms with Gasteiger partial charge in [-0.15, -0.1) is 0 Å². The van der Waals surface area contributed by atoms with Crippen LogP contribution in [0.15, 0.2) is 71.7 Å². The van der Waals surface area contributed by atoms with Crippen LogP contribution in [0, 0.1) is 6.92 Å². The van der Waals surface area contributed by atoms with E-state index in [-0.39, 0.29) is 6.61 Å². The summed E-state index contributed by atoms with van der Waals surface area (Å²) < 4.78 is 18.9. The Kier molecular flexibility index (Phi) is 7.13. The van der Waals surface area contributed by atoms with Crippen molar-refractivity contribution in [3.8, 4) is 23.0 Å². The van der Waals surface area contributed by atoms with E-state index in [9.17, 15) is 0 Å². The minimum atomic E-state index is -0.00483. The molecule has 0 aliphatic heterocycles. The van der Waals surface area contributed by atoms with Gasteiger partial charge in [0.2, 0.25) is 5.89 Å². The highest BCUT2D eigenvalue weighted by molar-refractivity contribution is 6.32. The van der Waals surface area contributed by atoms with Crippen LogP contribution in [0.4, 0.5) is 11.5 Å². The molecule has 0 atom stereocenters. The molecule has 9 nitrogen and oxygen atoms in total. The fourth-order valence-corrected chi connectivity index (χ4v) is 3.96. The number of fused-ring (bicyclic) bond motifs is 1.